The number of hydrogen-bond acceptors (Lipinski definition) is 4. The third kappa shape index (κ3) is 5.28. The molecule has 0 saturated carbocycles. The second kappa shape index (κ2) is 10.5. The number of aromatic hydroxyl groups is 1. The SMILES string of the molecule is CC.CC.Cc1c(O)c(N)cc2cn(C)nc12.Cc1ccc2nn(C)cc2c1C. The van der Waals surface area contributed by atoms with Gasteiger partial charge in [0.25, 0.3) is 0 Å². The minimum atomic E-state index is 0.131. The number of aromatic nitrogens is 4. The van der Waals surface area contributed by atoms with Crippen molar-refractivity contribution >= 4 is 27.5 Å². The number of phenols is 1. The lowest BCUT2D eigenvalue weighted by Gasteiger charge is -2.02. The van der Waals surface area contributed by atoms with Gasteiger partial charge < -0.3 is 10.8 Å². The Morgan fingerprint density at radius 1 is 0.862 bits per heavy atom. The Bertz CT molecular complexity index is 1080. The van der Waals surface area contributed by atoms with E-state index in [2.05, 4.69) is 42.4 Å². The molecule has 0 bridgehead atoms. The highest BCUT2D eigenvalue weighted by molar-refractivity contribution is 5.88. The quantitative estimate of drug-likeness (QED) is 0.307. The van der Waals surface area contributed by atoms with Crippen LogP contribution < -0.4 is 5.73 Å². The van der Waals surface area contributed by atoms with E-state index < -0.39 is 0 Å². The van der Waals surface area contributed by atoms with Gasteiger partial charge in [-0.2, -0.15) is 10.2 Å². The summed E-state index contributed by atoms with van der Waals surface area (Å²) >= 11 is 0. The van der Waals surface area contributed by atoms with Crippen LogP contribution in [-0.2, 0) is 14.1 Å². The van der Waals surface area contributed by atoms with Crippen LogP contribution in [0, 0.1) is 20.8 Å². The first kappa shape index (κ1) is 24.0. The largest absolute Gasteiger partial charge is 0.505 e. The monoisotopic (exact) mass is 397 g/mol. The van der Waals surface area contributed by atoms with Gasteiger partial charge in [0.05, 0.1) is 16.7 Å². The van der Waals surface area contributed by atoms with Gasteiger partial charge in [0.15, 0.2) is 0 Å². The summed E-state index contributed by atoms with van der Waals surface area (Å²) in [4.78, 5) is 0. The number of nitrogens with two attached hydrogens (primary N) is 1. The van der Waals surface area contributed by atoms with E-state index in [0.717, 1.165) is 22.0 Å². The van der Waals surface area contributed by atoms with Gasteiger partial charge in [-0.05, 0) is 44.0 Å². The lowest BCUT2D eigenvalue weighted by Crippen LogP contribution is -1.89. The maximum absolute atomic E-state index is 9.54. The first-order chi connectivity index (χ1) is 13.8. The summed E-state index contributed by atoms with van der Waals surface area (Å²) in [6.07, 6.45) is 3.94. The Hall–Kier alpha value is -3.02. The number of fused-ring (bicyclic) bond motifs is 2. The number of nitrogens with zero attached hydrogens (tertiary/aromatic N) is 4. The predicted octanol–water partition coefficient (Wildman–Crippen LogP) is 5.41. The molecular formula is C23H35N5O. The number of aryl methyl sites for hydroxylation is 5. The minimum absolute atomic E-state index is 0.131. The van der Waals surface area contributed by atoms with Gasteiger partial charge in [-0.15, -0.1) is 0 Å². The average molecular weight is 398 g/mol. The van der Waals surface area contributed by atoms with Crippen molar-refractivity contribution in [2.45, 2.75) is 48.5 Å². The van der Waals surface area contributed by atoms with Crippen LogP contribution in [0.5, 0.6) is 5.75 Å². The molecule has 0 aliphatic carbocycles. The van der Waals surface area contributed by atoms with Gasteiger partial charge in [-0.1, -0.05) is 33.8 Å². The molecule has 0 atom stereocenters. The van der Waals surface area contributed by atoms with Crippen LogP contribution in [0.15, 0.2) is 30.6 Å². The van der Waals surface area contributed by atoms with Crippen molar-refractivity contribution in [3.63, 3.8) is 0 Å². The van der Waals surface area contributed by atoms with E-state index in [0.29, 0.717) is 5.69 Å². The molecule has 0 unspecified atom stereocenters. The van der Waals surface area contributed by atoms with Gasteiger partial charge in [-0.25, -0.2) is 0 Å². The Kier molecular flexibility index (Phi) is 8.70. The van der Waals surface area contributed by atoms with Crippen LogP contribution in [0.2, 0.25) is 0 Å². The van der Waals surface area contributed by atoms with E-state index in [1.165, 1.54) is 16.5 Å². The molecule has 3 N–H and O–H groups in total. The molecule has 4 aromatic rings. The summed E-state index contributed by atoms with van der Waals surface area (Å²) in [5.74, 6) is 0.131. The van der Waals surface area contributed by atoms with Gasteiger partial charge in [0, 0.05) is 42.8 Å². The third-order valence-corrected chi connectivity index (χ3v) is 4.50. The van der Waals surface area contributed by atoms with Crippen LogP contribution in [-0.4, -0.2) is 24.7 Å². The molecule has 158 valence electrons. The van der Waals surface area contributed by atoms with Crippen molar-refractivity contribution in [1.29, 1.82) is 0 Å². The highest BCUT2D eigenvalue weighted by atomic mass is 16.3. The minimum Gasteiger partial charge on any atom is -0.505 e. The maximum atomic E-state index is 9.54. The second-order valence-electron chi connectivity index (χ2n) is 6.42. The summed E-state index contributed by atoms with van der Waals surface area (Å²) in [5.41, 5.74) is 11.3. The Morgan fingerprint density at radius 2 is 1.45 bits per heavy atom. The fraction of sp³-hybridized carbons (Fsp3) is 0.391. The molecule has 2 heterocycles. The molecule has 6 heteroatoms. The van der Waals surface area contributed by atoms with Crippen molar-refractivity contribution in [3.05, 3.63) is 47.3 Å². The molecule has 6 nitrogen and oxygen atoms in total. The Morgan fingerprint density at radius 3 is 2.07 bits per heavy atom. The number of nitrogen functional groups attached to an aromatic ring is 1. The molecule has 2 aromatic heterocycles. The predicted molar refractivity (Wildman–Crippen MR) is 124 cm³/mol. The number of phenolic OH excluding ortho intramolecular Hbond substituents is 1. The second-order valence-corrected chi connectivity index (χ2v) is 6.42. The zero-order valence-corrected chi connectivity index (χ0v) is 19.2. The van der Waals surface area contributed by atoms with Crippen LogP contribution in [0.25, 0.3) is 21.8 Å². The summed E-state index contributed by atoms with van der Waals surface area (Å²) in [6.45, 7) is 14.1. The van der Waals surface area contributed by atoms with Gasteiger partial charge in [0.2, 0.25) is 0 Å². The molecule has 0 radical (unpaired) electrons. The van der Waals surface area contributed by atoms with Crippen LogP contribution >= 0.6 is 0 Å². The average Bonchev–Trinajstić information content (AvgIpc) is 3.29. The number of benzene rings is 2. The lowest BCUT2D eigenvalue weighted by molar-refractivity contribution is 0.474. The third-order valence-electron chi connectivity index (χ3n) is 4.50. The first-order valence-electron chi connectivity index (χ1n) is 10.1. The van der Waals surface area contributed by atoms with Crippen LogP contribution in [0.4, 0.5) is 5.69 Å². The fourth-order valence-electron chi connectivity index (χ4n) is 2.93. The molecule has 4 rings (SSSR count). The van der Waals surface area contributed by atoms with Gasteiger partial charge >= 0.3 is 0 Å². The summed E-state index contributed by atoms with van der Waals surface area (Å²) in [5, 5.41) is 20.3. The first-order valence-corrected chi connectivity index (χ1v) is 10.1. The van der Waals surface area contributed by atoms with Crippen molar-refractivity contribution in [3.8, 4) is 5.75 Å². The molecule has 2 aromatic carbocycles. The molecule has 0 aliphatic heterocycles. The van der Waals surface area contributed by atoms with E-state index in [1.54, 1.807) is 17.7 Å². The van der Waals surface area contributed by atoms with E-state index in [-0.39, 0.29) is 5.75 Å². The van der Waals surface area contributed by atoms with Crippen molar-refractivity contribution in [2.24, 2.45) is 14.1 Å². The lowest BCUT2D eigenvalue weighted by atomic mass is 10.1. The van der Waals surface area contributed by atoms with Crippen LogP contribution in [0.1, 0.15) is 44.4 Å². The zero-order valence-electron chi connectivity index (χ0n) is 19.2. The standard InChI is InChI=1S/C10H12N2.C9H11N3O.2C2H6/c1-7-4-5-10-9(8(7)2)6-12(3)11-10;1-5-8-6(4-12(2)11-8)3-7(10)9(5)13;2*1-2/h4-6H,1-3H3;3-4,13H,10H2,1-2H3;2*1-2H3. The van der Waals surface area contributed by atoms with Gasteiger partial charge in [0.1, 0.15) is 5.75 Å². The molecule has 0 aliphatic rings. The summed E-state index contributed by atoms with van der Waals surface area (Å²) in [6, 6.07) is 5.91. The molecule has 29 heavy (non-hydrogen) atoms. The topological polar surface area (TPSA) is 81.9 Å². The molecule has 0 amide bonds. The van der Waals surface area contributed by atoms with Crippen molar-refractivity contribution < 1.29 is 5.11 Å². The summed E-state index contributed by atoms with van der Waals surface area (Å²) in [7, 11) is 3.79. The molecule has 0 spiro atoms. The Labute approximate surface area is 174 Å². The molecule has 0 fully saturated rings. The van der Waals surface area contributed by atoms with Gasteiger partial charge in [-0.3, -0.25) is 9.36 Å². The molecular weight excluding hydrogens is 362 g/mol. The fourth-order valence-corrected chi connectivity index (χ4v) is 2.93. The zero-order chi connectivity index (χ0) is 22.3. The number of rotatable bonds is 0. The number of hydrogen-bond donors (Lipinski definition) is 2. The summed E-state index contributed by atoms with van der Waals surface area (Å²) < 4.78 is 3.56. The molecule has 0 saturated heterocycles. The highest BCUT2D eigenvalue weighted by Crippen LogP contribution is 2.31. The highest BCUT2D eigenvalue weighted by Gasteiger charge is 2.09. The van der Waals surface area contributed by atoms with E-state index in [9.17, 15) is 5.11 Å². The number of anilines is 1. The van der Waals surface area contributed by atoms with Crippen molar-refractivity contribution in [1.82, 2.24) is 19.6 Å². The van der Waals surface area contributed by atoms with E-state index in [1.807, 2.05) is 52.7 Å². The van der Waals surface area contributed by atoms with Crippen molar-refractivity contribution in [2.75, 3.05) is 5.73 Å². The van der Waals surface area contributed by atoms with E-state index in [4.69, 9.17) is 5.73 Å². The smallest absolute Gasteiger partial charge is 0.143 e. The maximum Gasteiger partial charge on any atom is 0.143 e. The van der Waals surface area contributed by atoms with E-state index >= 15 is 0 Å². The van der Waals surface area contributed by atoms with Crippen LogP contribution in [0.3, 0.4) is 0 Å². The normalized spacial score (nSPS) is 9.83. The Balaban J connectivity index is 0.000000248.